The van der Waals surface area contributed by atoms with Gasteiger partial charge < -0.3 is 14.6 Å². The summed E-state index contributed by atoms with van der Waals surface area (Å²) in [6.07, 6.45) is -0.862. The molecule has 0 bridgehead atoms. The highest BCUT2D eigenvalue weighted by atomic mass is 16.5. The number of Topliss-reactive ketones (excluding diaryl/α,β-unsaturated/α-hetero) is 1. The first-order valence-electron chi connectivity index (χ1n) is 5.52. The SMILES string of the molecule is CCOC(=O)CC(=O)CN(C)CC(O)COC. The van der Waals surface area contributed by atoms with Crippen LogP contribution in [0.25, 0.3) is 0 Å². The van der Waals surface area contributed by atoms with Crippen LogP contribution in [0.5, 0.6) is 0 Å². The molecule has 0 fully saturated rings. The van der Waals surface area contributed by atoms with Crippen LogP contribution in [0.2, 0.25) is 0 Å². The number of likely N-dealkylation sites (N-methyl/N-ethyl adjacent to an activating group) is 1. The minimum absolute atomic E-state index is 0.111. The predicted molar refractivity (Wildman–Crippen MR) is 61.6 cm³/mol. The molecule has 0 aromatic carbocycles. The third kappa shape index (κ3) is 8.79. The van der Waals surface area contributed by atoms with E-state index in [1.54, 1.807) is 18.9 Å². The molecule has 0 amide bonds. The van der Waals surface area contributed by atoms with Gasteiger partial charge in [-0.15, -0.1) is 0 Å². The number of ketones is 1. The van der Waals surface area contributed by atoms with E-state index < -0.39 is 12.1 Å². The zero-order valence-electron chi connectivity index (χ0n) is 10.6. The first-order chi connectivity index (χ1) is 7.99. The standard InChI is InChI=1S/C11H21NO5/c1-4-17-11(15)5-9(13)6-12(2)7-10(14)8-16-3/h10,14H,4-8H2,1-3H3. The van der Waals surface area contributed by atoms with E-state index in [4.69, 9.17) is 4.74 Å². The molecule has 1 unspecified atom stereocenters. The molecule has 0 saturated carbocycles. The molecular formula is C11H21NO5. The van der Waals surface area contributed by atoms with E-state index in [2.05, 4.69) is 4.74 Å². The lowest BCUT2D eigenvalue weighted by Gasteiger charge is -2.19. The van der Waals surface area contributed by atoms with Crippen LogP contribution < -0.4 is 0 Å². The number of esters is 1. The third-order valence-electron chi connectivity index (χ3n) is 1.97. The number of nitrogens with zero attached hydrogens (tertiary/aromatic N) is 1. The summed E-state index contributed by atoms with van der Waals surface area (Å²) in [6, 6.07) is 0. The van der Waals surface area contributed by atoms with Crippen molar-refractivity contribution in [3.63, 3.8) is 0 Å². The Morgan fingerprint density at radius 3 is 2.59 bits per heavy atom. The number of aliphatic hydroxyl groups is 1. The summed E-state index contributed by atoms with van der Waals surface area (Å²) >= 11 is 0. The molecule has 0 aliphatic rings. The molecule has 0 saturated heterocycles. The zero-order valence-corrected chi connectivity index (χ0v) is 10.6. The van der Waals surface area contributed by atoms with Crippen molar-refractivity contribution in [2.45, 2.75) is 19.4 Å². The molecule has 6 nitrogen and oxygen atoms in total. The van der Waals surface area contributed by atoms with E-state index in [0.717, 1.165) is 0 Å². The summed E-state index contributed by atoms with van der Waals surface area (Å²) in [6.45, 7) is 2.61. The number of aliphatic hydroxyl groups excluding tert-OH is 1. The zero-order chi connectivity index (χ0) is 13.3. The van der Waals surface area contributed by atoms with Crippen molar-refractivity contribution in [3.8, 4) is 0 Å². The highest BCUT2D eigenvalue weighted by molar-refractivity contribution is 5.96. The van der Waals surface area contributed by atoms with Gasteiger partial charge in [-0.25, -0.2) is 0 Å². The summed E-state index contributed by atoms with van der Waals surface area (Å²) in [5.41, 5.74) is 0. The number of hydrogen-bond donors (Lipinski definition) is 1. The van der Waals surface area contributed by atoms with Crippen LogP contribution in [0.1, 0.15) is 13.3 Å². The largest absolute Gasteiger partial charge is 0.466 e. The summed E-state index contributed by atoms with van der Waals surface area (Å²) < 4.78 is 9.44. The molecule has 1 N–H and O–H groups in total. The third-order valence-corrected chi connectivity index (χ3v) is 1.97. The average Bonchev–Trinajstić information content (AvgIpc) is 2.16. The Balaban J connectivity index is 3.83. The highest BCUT2D eigenvalue weighted by Crippen LogP contribution is 1.94. The minimum Gasteiger partial charge on any atom is -0.466 e. The number of methoxy groups -OCH3 is 1. The minimum atomic E-state index is -0.639. The molecule has 100 valence electrons. The van der Waals surface area contributed by atoms with Gasteiger partial charge in [0.15, 0.2) is 5.78 Å². The van der Waals surface area contributed by atoms with Gasteiger partial charge in [0.1, 0.15) is 6.42 Å². The van der Waals surface area contributed by atoms with Crippen molar-refractivity contribution < 1.29 is 24.2 Å². The average molecular weight is 247 g/mol. The summed E-state index contributed by atoms with van der Waals surface area (Å²) in [4.78, 5) is 24.1. The van der Waals surface area contributed by atoms with Crippen molar-refractivity contribution in [1.82, 2.24) is 4.90 Å². The van der Waals surface area contributed by atoms with Crippen LogP contribution >= 0.6 is 0 Å². The normalized spacial score (nSPS) is 12.5. The second-order valence-electron chi connectivity index (χ2n) is 3.83. The molecule has 0 heterocycles. The lowest BCUT2D eigenvalue weighted by Crippen LogP contribution is -2.35. The second kappa shape index (κ2) is 9.09. The lowest BCUT2D eigenvalue weighted by atomic mass is 10.2. The van der Waals surface area contributed by atoms with E-state index in [-0.39, 0.29) is 32.0 Å². The fraction of sp³-hybridized carbons (Fsp3) is 0.818. The number of ether oxygens (including phenoxy) is 2. The molecule has 0 spiro atoms. The lowest BCUT2D eigenvalue weighted by molar-refractivity contribution is -0.145. The summed E-state index contributed by atoms with van der Waals surface area (Å²) in [7, 11) is 3.19. The van der Waals surface area contributed by atoms with Gasteiger partial charge in [0.25, 0.3) is 0 Å². The maximum Gasteiger partial charge on any atom is 0.313 e. The van der Waals surface area contributed by atoms with Gasteiger partial charge in [-0.1, -0.05) is 0 Å². The van der Waals surface area contributed by atoms with E-state index in [9.17, 15) is 14.7 Å². The van der Waals surface area contributed by atoms with Crippen molar-refractivity contribution in [2.24, 2.45) is 0 Å². The molecule has 1 atom stereocenters. The molecule has 0 aromatic heterocycles. The number of carbonyl (C=O) groups excluding carboxylic acids is 2. The van der Waals surface area contributed by atoms with Crippen molar-refractivity contribution in [2.75, 3.05) is 40.5 Å². The first kappa shape index (κ1) is 16.0. The monoisotopic (exact) mass is 247 g/mol. The van der Waals surface area contributed by atoms with Gasteiger partial charge in [0.2, 0.25) is 0 Å². The van der Waals surface area contributed by atoms with Crippen molar-refractivity contribution in [3.05, 3.63) is 0 Å². The van der Waals surface area contributed by atoms with Gasteiger partial charge in [-0.05, 0) is 14.0 Å². The first-order valence-corrected chi connectivity index (χ1v) is 5.52. The Labute approximate surface area is 101 Å². The second-order valence-corrected chi connectivity index (χ2v) is 3.83. The predicted octanol–water partition coefficient (Wildman–Crippen LogP) is -0.552. The van der Waals surface area contributed by atoms with E-state index in [1.807, 2.05) is 0 Å². The van der Waals surface area contributed by atoms with Crippen LogP contribution in [0.15, 0.2) is 0 Å². The van der Waals surface area contributed by atoms with Crippen molar-refractivity contribution >= 4 is 11.8 Å². The van der Waals surface area contributed by atoms with E-state index in [1.165, 1.54) is 7.11 Å². The van der Waals surface area contributed by atoms with Gasteiger partial charge in [-0.2, -0.15) is 0 Å². The highest BCUT2D eigenvalue weighted by Gasteiger charge is 2.14. The Morgan fingerprint density at radius 2 is 2.06 bits per heavy atom. The Hall–Kier alpha value is -0.980. The number of carbonyl (C=O) groups is 2. The molecule has 0 aliphatic heterocycles. The van der Waals surface area contributed by atoms with Gasteiger partial charge in [0, 0.05) is 13.7 Å². The molecule has 17 heavy (non-hydrogen) atoms. The Kier molecular flexibility index (Phi) is 8.57. The summed E-state index contributed by atoms with van der Waals surface area (Å²) in [5, 5.41) is 9.43. The van der Waals surface area contributed by atoms with E-state index >= 15 is 0 Å². The number of rotatable bonds is 9. The maximum atomic E-state index is 11.4. The van der Waals surface area contributed by atoms with Crippen LogP contribution in [-0.4, -0.2) is 68.3 Å². The molecule has 0 aromatic rings. The van der Waals surface area contributed by atoms with Crippen LogP contribution in [0.4, 0.5) is 0 Å². The molecule has 0 aliphatic carbocycles. The molecule has 0 radical (unpaired) electrons. The van der Waals surface area contributed by atoms with E-state index in [0.29, 0.717) is 6.54 Å². The van der Waals surface area contributed by atoms with Gasteiger partial charge in [-0.3, -0.25) is 14.5 Å². The number of hydrogen-bond acceptors (Lipinski definition) is 6. The Bertz CT molecular complexity index is 244. The summed E-state index contributed by atoms with van der Waals surface area (Å²) in [5.74, 6) is -0.737. The topological polar surface area (TPSA) is 76.1 Å². The van der Waals surface area contributed by atoms with Crippen LogP contribution in [-0.2, 0) is 19.1 Å². The van der Waals surface area contributed by atoms with Crippen LogP contribution in [0.3, 0.4) is 0 Å². The Morgan fingerprint density at radius 1 is 1.41 bits per heavy atom. The molecular weight excluding hydrogens is 226 g/mol. The molecule has 6 heteroatoms. The van der Waals surface area contributed by atoms with Gasteiger partial charge >= 0.3 is 5.97 Å². The van der Waals surface area contributed by atoms with Crippen LogP contribution in [0, 0.1) is 0 Å². The van der Waals surface area contributed by atoms with Gasteiger partial charge in [0.05, 0.1) is 25.9 Å². The smallest absolute Gasteiger partial charge is 0.313 e. The maximum absolute atomic E-state index is 11.4. The quantitative estimate of drug-likeness (QED) is 0.435. The van der Waals surface area contributed by atoms with Crippen molar-refractivity contribution in [1.29, 1.82) is 0 Å². The fourth-order valence-electron chi connectivity index (χ4n) is 1.40. The fourth-order valence-corrected chi connectivity index (χ4v) is 1.40. The molecule has 0 rings (SSSR count).